The third-order valence-corrected chi connectivity index (χ3v) is 4.87. The summed E-state index contributed by atoms with van der Waals surface area (Å²) in [5, 5.41) is 3.27. The number of nitrogens with two attached hydrogens (primary N) is 1. The second kappa shape index (κ2) is 6.45. The molecule has 112 valence electrons. The standard InChI is InChI=1S/C15H28N2O.ClH/c1-10-9-15(2,3)7-6-13(10)17-14(18)11-4-5-12(16)8-11;/h10-13H,4-9,16H2,1-3H3,(H,17,18);1H. The van der Waals surface area contributed by atoms with E-state index < -0.39 is 0 Å². The molecular weight excluding hydrogens is 260 g/mol. The van der Waals surface area contributed by atoms with E-state index >= 15 is 0 Å². The van der Waals surface area contributed by atoms with E-state index in [0.29, 0.717) is 17.4 Å². The van der Waals surface area contributed by atoms with Crippen LogP contribution in [0, 0.1) is 17.3 Å². The Morgan fingerprint density at radius 3 is 2.47 bits per heavy atom. The van der Waals surface area contributed by atoms with Gasteiger partial charge in [0.2, 0.25) is 5.91 Å². The van der Waals surface area contributed by atoms with Gasteiger partial charge in [0.1, 0.15) is 0 Å². The number of carbonyl (C=O) groups excluding carboxylic acids is 1. The molecule has 2 saturated carbocycles. The first kappa shape index (κ1) is 16.8. The molecule has 3 nitrogen and oxygen atoms in total. The Kier molecular flexibility index (Phi) is 5.69. The maximum absolute atomic E-state index is 12.2. The van der Waals surface area contributed by atoms with Gasteiger partial charge < -0.3 is 11.1 Å². The number of hydrogen-bond donors (Lipinski definition) is 2. The van der Waals surface area contributed by atoms with E-state index in [1.54, 1.807) is 0 Å². The Balaban J connectivity index is 0.00000180. The minimum absolute atomic E-state index is 0. The number of carbonyl (C=O) groups is 1. The molecule has 19 heavy (non-hydrogen) atoms. The summed E-state index contributed by atoms with van der Waals surface area (Å²) in [5.74, 6) is 1.01. The molecule has 0 aromatic rings. The van der Waals surface area contributed by atoms with Gasteiger partial charge in [0.15, 0.2) is 0 Å². The molecule has 2 rings (SSSR count). The second-order valence-corrected chi connectivity index (χ2v) is 7.27. The van der Waals surface area contributed by atoms with Crippen molar-refractivity contribution in [1.29, 1.82) is 0 Å². The van der Waals surface area contributed by atoms with Gasteiger partial charge in [-0.2, -0.15) is 0 Å². The topological polar surface area (TPSA) is 55.1 Å². The Morgan fingerprint density at radius 1 is 1.26 bits per heavy atom. The Bertz CT molecular complexity index is 319. The summed E-state index contributed by atoms with van der Waals surface area (Å²) in [5.41, 5.74) is 6.32. The van der Waals surface area contributed by atoms with Crippen LogP contribution in [0.25, 0.3) is 0 Å². The monoisotopic (exact) mass is 288 g/mol. The van der Waals surface area contributed by atoms with Gasteiger partial charge in [-0.05, 0) is 49.9 Å². The minimum Gasteiger partial charge on any atom is -0.353 e. The smallest absolute Gasteiger partial charge is 0.223 e. The van der Waals surface area contributed by atoms with Gasteiger partial charge >= 0.3 is 0 Å². The third kappa shape index (κ3) is 4.35. The zero-order valence-electron chi connectivity index (χ0n) is 12.4. The average molecular weight is 289 g/mol. The van der Waals surface area contributed by atoms with Crippen molar-refractivity contribution in [3.8, 4) is 0 Å². The van der Waals surface area contributed by atoms with Crippen molar-refractivity contribution in [2.24, 2.45) is 23.0 Å². The lowest BCUT2D eigenvalue weighted by molar-refractivity contribution is -0.126. The lowest BCUT2D eigenvalue weighted by Crippen LogP contribution is -2.46. The van der Waals surface area contributed by atoms with E-state index in [1.165, 1.54) is 12.8 Å². The summed E-state index contributed by atoms with van der Waals surface area (Å²) in [6.07, 6.45) is 6.40. The van der Waals surface area contributed by atoms with Gasteiger partial charge in [-0.3, -0.25) is 4.79 Å². The lowest BCUT2D eigenvalue weighted by Gasteiger charge is -2.39. The number of amides is 1. The summed E-state index contributed by atoms with van der Waals surface area (Å²) in [7, 11) is 0. The highest BCUT2D eigenvalue weighted by atomic mass is 35.5. The molecule has 2 fully saturated rings. The van der Waals surface area contributed by atoms with Crippen LogP contribution in [0.5, 0.6) is 0 Å². The number of hydrogen-bond acceptors (Lipinski definition) is 2. The van der Waals surface area contributed by atoms with Crippen LogP contribution in [0.4, 0.5) is 0 Å². The quantitative estimate of drug-likeness (QED) is 0.821. The van der Waals surface area contributed by atoms with Crippen molar-refractivity contribution in [3.05, 3.63) is 0 Å². The Hall–Kier alpha value is -0.280. The van der Waals surface area contributed by atoms with E-state index in [9.17, 15) is 4.79 Å². The molecule has 0 spiro atoms. The largest absolute Gasteiger partial charge is 0.353 e. The zero-order chi connectivity index (χ0) is 13.3. The van der Waals surface area contributed by atoms with Crippen LogP contribution in [0.1, 0.15) is 59.3 Å². The number of nitrogens with one attached hydrogen (secondary N) is 1. The molecule has 2 aliphatic carbocycles. The van der Waals surface area contributed by atoms with E-state index in [0.717, 1.165) is 25.7 Å². The molecule has 0 bridgehead atoms. The van der Waals surface area contributed by atoms with Gasteiger partial charge in [-0.15, -0.1) is 12.4 Å². The molecular formula is C15H29ClN2O. The Morgan fingerprint density at radius 2 is 1.95 bits per heavy atom. The highest BCUT2D eigenvalue weighted by Crippen LogP contribution is 2.38. The third-order valence-electron chi connectivity index (χ3n) is 4.87. The van der Waals surface area contributed by atoms with Crippen LogP contribution in [0.2, 0.25) is 0 Å². The van der Waals surface area contributed by atoms with Crippen LogP contribution < -0.4 is 11.1 Å². The summed E-state index contributed by atoms with van der Waals surface area (Å²) in [6, 6.07) is 0.616. The van der Waals surface area contributed by atoms with Crippen molar-refractivity contribution in [3.63, 3.8) is 0 Å². The van der Waals surface area contributed by atoms with E-state index in [4.69, 9.17) is 5.73 Å². The number of rotatable bonds is 2. The fourth-order valence-corrected chi connectivity index (χ4v) is 3.72. The first-order chi connectivity index (χ1) is 8.37. The van der Waals surface area contributed by atoms with Crippen molar-refractivity contribution in [2.75, 3.05) is 0 Å². The first-order valence-corrected chi connectivity index (χ1v) is 7.43. The van der Waals surface area contributed by atoms with E-state index in [1.807, 2.05) is 0 Å². The molecule has 4 unspecified atom stereocenters. The normalized spacial score (nSPS) is 37.5. The molecule has 0 aromatic carbocycles. The highest BCUT2D eigenvalue weighted by molar-refractivity contribution is 5.85. The minimum atomic E-state index is 0. The summed E-state index contributed by atoms with van der Waals surface area (Å²) in [6.45, 7) is 6.93. The molecule has 0 saturated heterocycles. The van der Waals surface area contributed by atoms with Crippen molar-refractivity contribution in [2.45, 2.75) is 71.4 Å². The number of halogens is 1. The van der Waals surface area contributed by atoms with Gasteiger partial charge in [0, 0.05) is 18.0 Å². The molecule has 0 aliphatic heterocycles. The summed E-state index contributed by atoms with van der Waals surface area (Å²) >= 11 is 0. The SMILES string of the molecule is CC1CC(C)(C)CCC1NC(=O)C1CCC(N)C1.Cl. The van der Waals surface area contributed by atoms with Gasteiger partial charge in [0.05, 0.1) is 0 Å². The van der Waals surface area contributed by atoms with Crippen molar-refractivity contribution in [1.82, 2.24) is 5.32 Å². The van der Waals surface area contributed by atoms with Crippen LogP contribution in [-0.4, -0.2) is 18.0 Å². The molecule has 0 radical (unpaired) electrons. The van der Waals surface area contributed by atoms with Gasteiger partial charge in [0.25, 0.3) is 0 Å². The lowest BCUT2D eigenvalue weighted by atomic mass is 9.70. The summed E-state index contributed by atoms with van der Waals surface area (Å²) < 4.78 is 0. The predicted octanol–water partition coefficient (Wildman–Crippen LogP) is 2.87. The molecule has 3 N–H and O–H groups in total. The van der Waals surface area contributed by atoms with Crippen LogP contribution in [-0.2, 0) is 4.79 Å². The van der Waals surface area contributed by atoms with Crippen LogP contribution in [0.15, 0.2) is 0 Å². The maximum atomic E-state index is 12.2. The fourth-order valence-electron chi connectivity index (χ4n) is 3.72. The molecule has 0 heterocycles. The van der Waals surface area contributed by atoms with E-state index in [2.05, 4.69) is 26.1 Å². The zero-order valence-corrected chi connectivity index (χ0v) is 13.3. The molecule has 4 atom stereocenters. The van der Waals surface area contributed by atoms with E-state index in [-0.39, 0.29) is 30.3 Å². The fraction of sp³-hybridized carbons (Fsp3) is 0.933. The molecule has 1 amide bonds. The van der Waals surface area contributed by atoms with Crippen LogP contribution in [0.3, 0.4) is 0 Å². The van der Waals surface area contributed by atoms with Crippen molar-refractivity contribution < 1.29 is 4.79 Å². The molecule has 2 aliphatic rings. The van der Waals surface area contributed by atoms with Crippen LogP contribution >= 0.6 is 12.4 Å². The van der Waals surface area contributed by atoms with Gasteiger partial charge in [-0.25, -0.2) is 0 Å². The van der Waals surface area contributed by atoms with Gasteiger partial charge in [-0.1, -0.05) is 20.8 Å². The highest BCUT2D eigenvalue weighted by Gasteiger charge is 2.35. The predicted molar refractivity (Wildman–Crippen MR) is 81.3 cm³/mol. The average Bonchev–Trinajstić information content (AvgIpc) is 2.68. The Labute approximate surface area is 123 Å². The first-order valence-electron chi connectivity index (χ1n) is 7.43. The maximum Gasteiger partial charge on any atom is 0.223 e. The van der Waals surface area contributed by atoms with Crippen molar-refractivity contribution >= 4 is 18.3 Å². The second-order valence-electron chi connectivity index (χ2n) is 7.27. The molecule has 4 heteroatoms. The molecule has 0 aromatic heterocycles. The summed E-state index contributed by atoms with van der Waals surface area (Å²) in [4.78, 5) is 12.2.